The lowest BCUT2D eigenvalue weighted by Crippen LogP contribution is -2.27. The molecule has 1 aliphatic carbocycles. The van der Waals surface area contributed by atoms with Crippen molar-refractivity contribution in [3.05, 3.63) is 29.3 Å². The fourth-order valence-electron chi connectivity index (χ4n) is 1.88. The van der Waals surface area contributed by atoms with Gasteiger partial charge < -0.3 is 20.7 Å². The molecular weight excluding hydrogens is 198 g/mol. The van der Waals surface area contributed by atoms with E-state index in [-0.39, 0.29) is 5.75 Å². The van der Waals surface area contributed by atoms with Gasteiger partial charge in [0.05, 0.1) is 6.04 Å². The van der Waals surface area contributed by atoms with Crippen molar-refractivity contribution in [3.8, 4) is 5.75 Å². The van der Waals surface area contributed by atoms with Gasteiger partial charge in [-0.15, -0.1) is 0 Å². The van der Waals surface area contributed by atoms with Crippen LogP contribution in [0.4, 0.5) is 4.79 Å². The molecule has 80 valence electrons. The molecule has 0 saturated carbocycles. The maximum atomic E-state index is 10.4. The fraction of sp³-hybridized carbons (Fsp3) is 0.300. The van der Waals surface area contributed by atoms with Crippen molar-refractivity contribution < 1.29 is 19.7 Å². The standard InChI is InChI=1S/C10H11NO4/c11-9-7-2-1-6(12)3-5(7)4-8(9)15-10(13)14/h1-3,8-9,12H,4,11H2,(H,13,14). The summed E-state index contributed by atoms with van der Waals surface area (Å²) in [4.78, 5) is 10.4. The Morgan fingerprint density at radius 1 is 1.53 bits per heavy atom. The Balaban J connectivity index is 2.25. The summed E-state index contributed by atoms with van der Waals surface area (Å²) in [6, 6.07) is 4.36. The average molecular weight is 209 g/mol. The topological polar surface area (TPSA) is 92.8 Å². The van der Waals surface area contributed by atoms with Gasteiger partial charge in [0.1, 0.15) is 11.9 Å². The summed E-state index contributed by atoms with van der Waals surface area (Å²) < 4.78 is 4.66. The van der Waals surface area contributed by atoms with Crippen molar-refractivity contribution in [2.75, 3.05) is 0 Å². The van der Waals surface area contributed by atoms with Gasteiger partial charge in [0.2, 0.25) is 0 Å². The summed E-state index contributed by atoms with van der Waals surface area (Å²) >= 11 is 0. The van der Waals surface area contributed by atoms with Gasteiger partial charge in [-0.2, -0.15) is 0 Å². The molecule has 0 aromatic heterocycles. The van der Waals surface area contributed by atoms with Crippen molar-refractivity contribution in [2.45, 2.75) is 18.6 Å². The van der Waals surface area contributed by atoms with Gasteiger partial charge in [-0.25, -0.2) is 4.79 Å². The molecule has 0 aliphatic heterocycles. The third kappa shape index (κ3) is 1.73. The predicted octanol–water partition coefficient (Wildman–Crippen LogP) is 1.01. The van der Waals surface area contributed by atoms with E-state index in [1.54, 1.807) is 12.1 Å². The van der Waals surface area contributed by atoms with E-state index in [1.807, 2.05) is 0 Å². The summed E-state index contributed by atoms with van der Waals surface area (Å²) in [5, 5.41) is 17.8. The van der Waals surface area contributed by atoms with E-state index in [2.05, 4.69) is 4.74 Å². The van der Waals surface area contributed by atoms with Crippen LogP contribution in [0.2, 0.25) is 0 Å². The van der Waals surface area contributed by atoms with E-state index in [4.69, 9.17) is 10.8 Å². The molecule has 1 aromatic carbocycles. The number of benzene rings is 1. The van der Waals surface area contributed by atoms with Crippen molar-refractivity contribution in [3.63, 3.8) is 0 Å². The number of hydrogen-bond acceptors (Lipinski definition) is 4. The molecule has 1 aromatic rings. The highest BCUT2D eigenvalue weighted by Gasteiger charge is 2.32. The molecule has 0 amide bonds. The first-order valence-electron chi connectivity index (χ1n) is 4.55. The first-order chi connectivity index (χ1) is 7.08. The minimum Gasteiger partial charge on any atom is -0.508 e. The lowest BCUT2D eigenvalue weighted by atomic mass is 10.1. The van der Waals surface area contributed by atoms with E-state index in [1.165, 1.54) is 6.07 Å². The Hall–Kier alpha value is -1.75. The molecule has 0 heterocycles. The largest absolute Gasteiger partial charge is 0.508 e. The van der Waals surface area contributed by atoms with E-state index < -0.39 is 18.3 Å². The van der Waals surface area contributed by atoms with Crippen LogP contribution in [0.15, 0.2) is 18.2 Å². The summed E-state index contributed by atoms with van der Waals surface area (Å²) in [6.07, 6.45) is -1.47. The number of fused-ring (bicyclic) bond motifs is 1. The highest BCUT2D eigenvalue weighted by Crippen LogP contribution is 2.33. The van der Waals surface area contributed by atoms with Crippen LogP contribution in [0.5, 0.6) is 5.75 Å². The average Bonchev–Trinajstić information content (AvgIpc) is 2.42. The number of ether oxygens (including phenoxy) is 1. The van der Waals surface area contributed by atoms with E-state index in [9.17, 15) is 9.90 Å². The Labute approximate surface area is 86.1 Å². The molecule has 2 rings (SSSR count). The normalized spacial score (nSPS) is 23.5. The summed E-state index contributed by atoms with van der Waals surface area (Å²) in [7, 11) is 0. The molecule has 0 radical (unpaired) electrons. The van der Waals surface area contributed by atoms with Crippen molar-refractivity contribution in [1.29, 1.82) is 0 Å². The second kappa shape index (κ2) is 3.43. The fourth-order valence-corrected chi connectivity index (χ4v) is 1.88. The van der Waals surface area contributed by atoms with Gasteiger partial charge in [0.25, 0.3) is 0 Å². The number of rotatable bonds is 1. The number of phenols is 1. The minimum atomic E-state index is -1.33. The van der Waals surface area contributed by atoms with Gasteiger partial charge in [0, 0.05) is 6.42 Å². The number of phenolic OH excluding ortho intramolecular Hbond substituents is 1. The zero-order valence-corrected chi connectivity index (χ0v) is 7.88. The summed E-state index contributed by atoms with van der Waals surface area (Å²) in [5.74, 6) is 0.150. The molecule has 0 bridgehead atoms. The van der Waals surface area contributed by atoms with Crippen LogP contribution in [0.1, 0.15) is 17.2 Å². The second-order valence-electron chi connectivity index (χ2n) is 3.54. The maximum Gasteiger partial charge on any atom is 0.506 e. The number of hydrogen-bond donors (Lipinski definition) is 3. The Bertz CT molecular complexity index is 404. The molecule has 15 heavy (non-hydrogen) atoms. The van der Waals surface area contributed by atoms with Crippen LogP contribution in [-0.2, 0) is 11.2 Å². The van der Waals surface area contributed by atoms with E-state index >= 15 is 0 Å². The lowest BCUT2D eigenvalue weighted by Gasteiger charge is -2.14. The smallest absolute Gasteiger partial charge is 0.506 e. The van der Waals surface area contributed by atoms with Crippen molar-refractivity contribution >= 4 is 6.16 Å². The quantitative estimate of drug-likeness (QED) is 0.600. The molecule has 4 N–H and O–H groups in total. The first kappa shape index (κ1) is 9.79. The zero-order chi connectivity index (χ0) is 11.0. The third-order valence-corrected chi connectivity index (χ3v) is 2.56. The van der Waals surface area contributed by atoms with E-state index in [0.717, 1.165) is 11.1 Å². The molecule has 1 aliphatic rings. The van der Waals surface area contributed by atoms with Gasteiger partial charge in [-0.3, -0.25) is 0 Å². The van der Waals surface area contributed by atoms with Crippen LogP contribution >= 0.6 is 0 Å². The molecular formula is C10H11NO4. The molecule has 2 unspecified atom stereocenters. The number of carboxylic acid groups (broad SMARTS) is 1. The molecule has 0 saturated heterocycles. The molecule has 2 atom stereocenters. The monoisotopic (exact) mass is 209 g/mol. The van der Waals surface area contributed by atoms with E-state index in [0.29, 0.717) is 6.42 Å². The van der Waals surface area contributed by atoms with Crippen molar-refractivity contribution in [2.24, 2.45) is 5.73 Å². The zero-order valence-electron chi connectivity index (χ0n) is 7.88. The van der Waals surface area contributed by atoms with Crippen LogP contribution in [0.3, 0.4) is 0 Å². The number of carbonyl (C=O) groups is 1. The number of aromatic hydroxyl groups is 1. The SMILES string of the molecule is NC1c2ccc(O)cc2CC1OC(=O)O. The highest BCUT2D eigenvalue weighted by molar-refractivity contribution is 5.58. The predicted molar refractivity (Wildman–Crippen MR) is 51.6 cm³/mol. The van der Waals surface area contributed by atoms with Gasteiger partial charge in [-0.05, 0) is 23.3 Å². The molecule has 0 fully saturated rings. The van der Waals surface area contributed by atoms with Gasteiger partial charge in [0.15, 0.2) is 0 Å². The molecule has 0 spiro atoms. The first-order valence-corrected chi connectivity index (χ1v) is 4.55. The molecule has 5 nitrogen and oxygen atoms in total. The van der Waals surface area contributed by atoms with Gasteiger partial charge in [-0.1, -0.05) is 6.07 Å². The Morgan fingerprint density at radius 3 is 2.93 bits per heavy atom. The van der Waals surface area contributed by atoms with Crippen LogP contribution in [0, 0.1) is 0 Å². The summed E-state index contributed by atoms with van der Waals surface area (Å²) in [6.45, 7) is 0. The maximum absolute atomic E-state index is 10.4. The highest BCUT2D eigenvalue weighted by atomic mass is 16.7. The number of nitrogens with two attached hydrogens (primary N) is 1. The van der Waals surface area contributed by atoms with Crippen LogP contribution < -0.4 is 5.73 Å². The Kier molecular flexibility index (Phi) is 2.24. The Morgan fingerprint density at radius 2 is 2.27 bits per heavy atom. The lowest BCUT2D eigenvalue weighted by molar-refractivity contribution is 0.0457. The summed E-state index contributed by atoms with van der Waals surface area (Å²) in [5.41, 5.74) is 7.49. The van der Waals surface area contributed by atoms with Gasteiger partial charge >= 0.3 is 6.16 Å². The van der Waals surface area contributed by atoms with Crippen LogP contribution in [0.25, 0.3) is 0 Å². The minimum absolute atomic E-state index is 0.150. The third-order valence-electron chi connectivity index (χ3n) is 2.56. The molecule has 5 heteroatoms. The van der Waals surface area contributed by atoms with Crippen LogP contribution in [-0.4, -0.2) is 22.5 Å². The second-order valence-corrected chi connectivity index (χ2v) is 3.54. The van der Waals surface area contributed by atoms with Crippen molar-refractivity contribution in [1.82, 2.24) is 0 Å².